The van der Waals surface area contributed by atoms with Gasteiger partial charge in [0, 0.05) is 35.2 Å². The zero-order valence-electron chi connectivity index (χ0n) is 17.6. The summed E-state index contributed by atoms with van der Waals surface area (Å²) in [5, 5.41) is 27.9. The molecule has 0 amide bonds. The zero-order chi connectivity index (χ0) is 23.5. The lowest BCUT2D eigenvalue weighted by atomic mass is 9.46. The van der Waals surface area contributed by atoms with Crippen LogP contribution in [0, 0.1) is 18.3 Å². The summed E-state index contributed by atoms with van der Waals surface area (Å²) < 4.78 is 28.5. The summed E-state index contributed by atoms with van der Waals surface area (Å²) in [5.41, 5.74) is 0.235. The summed E-state index contributed by atoms with van der Waals surface area (Å²) in [4.78, 5) is 9.32. The molecule has 168 valence electrons. The molecule has 0 aliphatic heterocycles. The lowest BCUT2D eigenvalue weighted by Gasteiger charge is -2.65. The quantitative estimate of drug-likeness (QED) is 0.599. The van der Waals surface area contributed by atoms with Crippen molar-refractivity contribution in [1.29, 1.82) is 5.26 Å². The van der Waals surface area contributed by atoms with Gasteiger partial charge in [-0.25, -0.2) is 13.8 Å². The van der Waals surface area contributed by atoms with Gasteiger partial charge in [0.2, 0.25) is 0 Å². The Bertz CT molecular complexity index is 1470. The summed E-state index contributed by atoms with van der Waals surface area (Å²) in [6.07, 6.45) is 1.91. The number of aromatic nitrogens is 3. The van der Waals surface area contributed by atoms with Crippen LogP contribution < -0.4 is 16.0 Å². The van der Waals surface area contributed by atoms with E-state index in [-0.39, 0.29) is 11.2 Å². The van der Waals surface area contributed by atoms with Gasteiger partial charge in [-0.3, -0.25) is 4.99 Å². The summed E-state index contributed by atoms with van der Waals surface area (Å²) in [6, 6.07) is 7.08. The van der Waals surface area contributed by atoms with Crippen LogP contribution in [0.25, 0.3) is 11.7 Å². The molecule has 0 unspecified atom stereocenters. The van der Waals surface area contributed by atoms with E-state index in [0.717, 1.165) is 5.56 Å². The highest BCUT2D eigenvalue weighted by Crippen LogP contribution is 2.62. The molecule has 3 aliphatic carbocycles. The van der Waals surface area contributed by atoms with Crippen LogP contribution in [0.2, 0.25) is 5.02 Å². The molecule has 3 fully saturated rings. The highest BCUT2D eigenvalue weighted by atomic mass is 35.5. The molecule has 2 bridgehead atoms. The smallest absolute Gasteiger partial charge is 0.283 e. The molecular weight excluding hydrogens is 450 g/mol. The van der Waals surface area contributed by atoms with E-state index in [4.69, 9.17) is 16.6 Å². The third kappa shape index (κ3) is 3.37. The second kappa shape index (κ2) is 7.33. The van der Waals surface area contributed by atoms with Gasteiger partial charge in [-0.15, -0.1) is 0 Å². The van der Waals surface area contributed by atoms with Gasteiger partial charge >= 0.3 is 0 Å². The van der Waals surface area contributed by atoms with Crippen molar-refractivity contribution in [3.05, 3.63) is 69.2 Å². The maximum absolute atomic E-state index is 13.6. The van der Waals surface area contributed by atoms with Crippen molar-refractivity contribution >= 4 is 29.0 Å². The van der Waals surface area contributed by atoms with E-state index in [2.05, 4.69) is 22.0 Å². The van der Waals surface area contributed by atoms with Crippen molar-refractivity contribution in [3.63, 3.8) is 0 Å². The molecule has 3 saturated carbocycles. The highest BCUT2D eigenvalue weighted by molar-refractivity contribution is 6.30. The molecule has 10 heteroatoms. The van der Waals surface area contributed by atoms with Crippen molar-refractivity contribution in [2.45, 2.75) is 43.8 Å². The molecule has 0 atom stereocenters. The number of aliphatic hydroxyl groups is 1. The van der Waals surface area contributed by atoms with Crippen LogP contribution in [-0.4, -0.2) is 30.8 Å². The number of fused-ring (bicyclic) bond motifs is 1. The molecule has 2 N–H and O–H groups in total. The Morgan fingerprint density at radius 3 is 2.73 bits per heavy atom. The first-order chi connectivity index (χ1) is 15.7. The molecule has 0 saturated heterocycles. The number of anilines is 1. The average molecular weight is 469 g/mol. The lowest BCUT2D eigenvalue weighted by Crippen LogP contribution is -2.71. The Labute approximate surface area is 192 Å². The Hall–Kier alpha value is -3.35. The number of halogens is 3. The lowest BCUT2D eigenvalue weighted by molar-refractivity contribution is -0.205. The van der Waals surface area contributed by atoms with E-state index in [9.17, 15) is 19.1 Å². The molecule has 2 heterocycles. The third-order valence-electron chi connectivity index (χ3n) is 6.20. The molecule has 0 radical (unpaired) electrons. The van der Waals surface area contributed by atoms with Crippen LogP contribution >= 0.6 is 11.6 Å². The first-order valence-electron chi connectivity index (χ1n) is 10.3. The number of rotatable bonds is 5. The number of nitrogens with one attached hydrogen (secondary N) is 1. The SMILES string of the molecule is C=CNc1cc(Cl)ccc1/C=c1\c(C)nc2c(C#N)c(C(F)F)nn2c1=NC12CC(O)(C1)C2. The number of nitriles is 1. The number of alkyl halides is 2. The minimum Gasteiger partial charge on any atom is -0.390 e. The Morgan fingerprint density at radius 2 is 2.12 bits per heavy atom. The number of nitrogens with zero attached hydrogens (tertiary/aromatic N) is 5. The number of benzene rings is 1. The van der Waals surface area contributed by atoms with Gasteiger partial charge in [0.05, 0.1) is 16.8 Å². The van der Waals surface area contributed by atoms with E-state index < -0.39 is 23.3 Å². The summed E-state index contributed by atoms with van der Waals surface area (Å²) in [5.74, 6) is 0. The molecular formula is C23H19ClF2N6O. The number of hydrogen-bond acceptors (Lipinski definition) is 6. The fraction of sp³-hybridized carbons (Fsp3) is 0.304. The van der Waals surface area contributed by atoms with Crippen molar-refractivity contribution in [2.24, 2.45) is 4.99 Å². The fourth-order valence-electron chi connectivity index (χ4n) is 4.78. The van der Waals surface area contributed by atoms with Gasteiger partial charge in [-0.2, -0.15) is 14.9 Å². The van der Waals surface area contributed by atoms with Gasteiger partial charge in [0.15, 0.2) is 11.1 Å². The fourth-order valence-corrected chi connectivity index (χ4v) is 4.95. The molecule has 3 aromatic rings. The first kappa shape index (κ1) is 21.5. The van der Waals surface area contributed by atoms with Crippen LogP contribution in [0.5, 0.6) is 0 Å². The van der Waals surface area contributed by atoms with E-state index in [1.54, 1.807) is 25.1 Å². The standard InChI is InChI=1S/C23H19ClF2N6O/c1-3-28-17-7-14(24)5-4-13(17)6-15-12(2)29-20-16(8-27)18(19(25)26)31-32(20)21(15)30-22-9-23(33,10-22)11-22/h3-7,19,28,33H,1,9-11H2,2H3/b15-6+,30-21?. The third-order valence-corrected chi connectivity index (χ3v) is 6.44. The van der Waals surface area contributed by atoms with E-state index in [1.807, 2.05) is 12.1 Å². The monoisotopic (exact) mass is 468 g/mol. The predicted molar refractivity (Wildman–Crippen MR) is 119 cm³/mol. The summed E-state index contributed by atoms with van der Waals surface area (Å²) >= 11 is 6.14. The van der Waals surface area contributed by atoms with Crippen LogP contribution in [0.1, 0.15) is 48.2 Å². The van der Waals surface area contributed by atoms with Gasteiger partial charge in [0.1, 0.15) is 17.3 Å². The zero-order valence-corrected chi connectivity index (χ0v) is 18.4. The minimum atomic E-state index is -2.93. The van der Waals surface area contributed by atoms with Crippen LogP contribution in [0.4, 0.5) is 14.5 Å². The minimum absolute atomic E-state index is 0.0343. The van der Waals surface area contributed by atoms with E-state index in [0.29, 0.717) is 46.4 Å². The van der Waals surface area contributed by atoms with Crippen LogP contribution in [0.3, 0.4) is 0 Å². The number of aryl methyl sites for hydroxylation is 1. The molecule has 0 spiro atoms. The van der Waals surface area contributed by atoms with Crippen molar-refractivity contribution in [3.8, 4) is 6.07 Å². The number of hydrogen-bond donors (Lipinski definition) is 2. The van der Waals surface area contributed by atoms with Crippen molar-refractivity contribution in [2.75, 3.05) is 5.32 Å². The van der Waals surface area contributed by atoms with Gasteiger partial charge < -0.3 is 10.4 Å². The molecule has 7 nitrogen and oxygen atoms in total. The highest BCUT2D eigenvalue weighted by Gasteiger charge is 2.67. The Morgan fingerprint density at radius 1 is 1.39 bits per heavy atom. The predicted octanol–water partition coefficient (Wildman–Crippen LogP) is 3.17. The Balaban J connectivity index is 1.85. The summed E-state index contributed by atoms with van der Waals surface area (Å²) in [7, 11) is 0. The topological polar surface area (TPSA) is 98.6 Å². The maximum atomic E-state index is 13.6. The maximum Gasteiger partial charge on any atom is 0.283 e. The van der Waals surface area contributed by atoms with Gasteiger partial charge in [-0.05, 0) is 36.9 Å². The molecule has 1 aromatic carbocycles. The first-order valence-corrected chi connectivity index (χ1v) is 10.6. The molecule has 2 aromatic heterocycles. The summed E-state index contributed by atoms with van der Waals surface area (Å²) in [6.45, 7) is 5.42. The average Bonchev–Trinajstić information content (AvgIpc) is 3.08. The van der Waals surface area contributed by atoms with Gasteiger partial charge in [-0.1, -0.05) is 24.2 Å². The second-order valence-corrected chi connectivity index (χ2v) is 9.09. The van der Waals surface area contributed by atoms with Crippen LogP contribution in [0.15, 0.2) is 36.0 Å². The van der Waals surface area contributed by atoms with Crippen molar-refractivity contribution in [1.82, 2.24) is 14.6 Å². The second-order valence-electron chi connectivity index (χ2n) is 8.66. The van der Waals surface area contributed by atoms with Crippen molar-refractivity contribution < 1.29 is 13.9 Å². The Kier molecular flexibility index (Phi) is 4.78. The van der Waals surface area contributed by atoms with E-state index in [1.165, 1.54) is 10.7 Å². The normalized spacial score (nSPS) is 24.5. The van der Waals surface area contributed by atoms with Gasteiger partial charge in [0.25, 0.3) is 6.43 Å². The largest absolute Gasteiger partial charge is 0.390 e. The van der Waals surface area contributed by atoms with Crippen LogP contribution in [-0.2, 0) is 0 Å². The molecule has 3 aliphatic rings. The molecule has 33 heavy (non-hydrogen) atoms. The molecule has 6 rings (SSSR count). The van der Waals surface area contributed by atoms with E-state index >= 15 is 0 Å².